The maximum absolute atomic E-state index is 12.7. The molecular formula is C16H26N4O3. The van der Waals surface area contributed by atoms with Crippen LogP contribution in [0.25, 0.3) is 0 Å². The first-order chi connectivity index (χ1) is 10.7. The molecule has 0 aromatic carbocycles. The number of hydrogen-bond donors (Lipinski definition) is 0. The van der Waals surface area contributed by atoms with Gasteiger partial charge in [-0.25, -0.2) is 4.79 Å². The van der Waals surface area contributed by atoms with Crippen molar-refractivity contribution in [1.82, 2.24) is 19.6 Å². The van der Waals surface area contributed by atoms with Crippen LogP contribution < -0.4 is 0 Å². The fourth-order valence-electron chi connectivity index (χ4n) is 2.72. The van der Waals surface area contributed by atoms with Crippen molar-refractivity contribution in [2.24, 2.45) is 7.05 Å². The van der Waals surface area contributed by atoms with Gasteiger partial charge in [-0.05, 0) is 33.6 Å². The summed E-state index contributed by atoms with van der Waals surface area (Å²) in [6, 6.07) is -0.438. The molecule has 1 atom stereocenters. The van der Waals surface area contributed by atoms with E-state index in [1.165, 1.54) is 0 Å². The van der Waals surface area contributed by atoms with Crippen LogP contribution in [-0.4, -0.2) is 56.8 Å². The van der Waals surface area contributed by atoms with Gasteiger partial charge in [0.2, 0.25) is 5.91 Å². The maximum Gasteiger partial charge on any atom is 0.410 e. The van der Waals surface area contributed by atoms with Gasteiger partial charge in [-0.2, -0.15) is 5.10 Å². The Hall–Kier alpha value is -2.05. The zero-order valence-corrected chi connectivity index (χ0v) is 14.6. The molecule has 0 aliphatic carbocycles. The topological polar surface area (TPSA) is 67.7 Å². The second-order valence-electron chi connectivity index (χ2n) is 7.05. The molecule has 1 aliphatic heterocycles. The molecule has 1 saturated heterocycles. The summed E-state index contributed by atoms with van der Waals surface area (Å²) in [5, 5.41) is 4.10. The van der Waals surface area contributed by atoms with E-state index in [0.29, 0.717) is 19.5 Å². The van der Waals surface area contributed by atoms with Gasteiger partial charge in [0, 0.05) is 38.9 Å². The van der Waals surface area contributed by atoms with Crippen molar-refractivity contribution < 1.29 is 14.3 Å². The van der Waals surface area contributed by atoms with E-state index >= 15 is 0 Å². The van der Waals surface area contributed by atoms with Crippen LogP contribution >= 0.6 is 0 Å². The largest absolute Gasteiger partial charge is 0.444 e. The highest BCUT2D eigenvalue weighted by molar-refractivity contribution is 5.86. The Morgan fingerprint density at radius 2 is 2.13 bits per heavy atom. The minimum absolute atomic E-state index is 0.0581. The summed E-state index contributed by atoms with van der Waals surface area (Å²) in [6.45, 7) is 6.52. The van der Waals surface area contributed by atoms with Crippen LogP contribution in [0.2, 0.25) is 0 Å². The van der Waals surface area contributed by atoms with Gasteiger partial charge in [0.15, 0.2) is 0 Å². The molecule has 0 spiro atoms. The van der Waals surface area contributed by atoms with E-state index in [1.54, 1.807) is 27.7 Å². The third-order valence-corrected chi connectivity index (χ3v) is 3.72. The standard InChI is InChI=1S/C16H26N4O3/c1-16(2,3)23-15(22)20-8-6-7-13(20)14(21)18(4)10-12-9-17-19(5)11-12/h9,11,13H,6-8,10H2,1-5H3. The van der Waals surface area contributed by atoms with E-state index < -0.39 is 17.7 Å². The Morgan fingerprint density at radius 1 is 1.43 bits per heavy atom. The number of likely N-dealkylation sites (tertiary alicyclic amines) is 1. The first-order valence-electron chi connectivity index (χ1n) is 7.89. The highest BCUT2D eigenvalue weighted by Crippen LogP contribution is 2.22. The van der Waals surface area contributed by atoms with Crippen LogP contribution in [0.1, 0.15) is 39.2 Å². The molecular weight excluding hydrogens is 296 g/mol. The molecule has 2 amide bonds. The van der Waals surface area contributed by atoms with Gasteiger partial charge in [-0.1, -0.05) is 0 Å². The van der Waals surface area contributed by atoms with E-state index in [-0.39, 0.29) is 5.91 Å². The second kappa shape index (κ2) is 6.60. The number of rotatable bonds is 3. The second-order valence-corrected chi connectivity index (χ2v) is 7.05. The average molecular weight is 322 g/mol. The molecule has 0 N–H and O–H groups in total. The highest BCUT2D eigenvalue weighted by Gasteiger charge is 2.37. The molecule has 1 aromatic heterocycles. The molecule has 1 unspecified atom stereocenters. The van der Waals surface area contributed by atoms with E-state index in [4.69, 9.17) is 4.74 Å². The maximum atomic E-state index is 12.7. The summed E-state index contributed by atoms with van der Waals surface area (Å²) in [7, 11) is 3.59. The lowest BCUT2D eigenvalue weighted by Crippen LogP contribution is -2.47. The fourth-order valence-corrected chi connectivity index (χ4v) is 2.72. The number of amides is 2. The minimum Gasteiger partial charge on any atom is -0.444 e. The molecule has 7 nitrogen and oxygen atoms in total. The number of aromatic nitrogens is 2. The Labute approximate surface area is 137 Å². The van der Waals surface area contributed by atoms with Crippen molar-refractivity contribution >= 4 is 12.0 Å². The molecule has 0 radical (unpaired) electrons. The van der Waals surface area contributed by atoms with Crippen LogP contribution in [0, 0.1) is 0 Å². The van der Waals surface area contributed by atoms with Crippen LogP contribution in [0.3, 0.4) is 0 Å². The van der Waals surface area contributed by atoms with E-state index in [1.807, 2.05) is 34.0 Å². The molecule has 1 aliphatic rings. The number of likely N-dealkylation sites (N-methyl/N-ethyl adjacent to an activating group) is 1. The van der Waals surface area contributed by atoms with Crippen molar-refractivity contribution in [3.63, 3.8) is 0 Å². The summed E-state index contributed by atoms with van der Waals surface area (Å²) in [6.07, 6.45) is 4.70. The lowest BCUT2D eigenvalue weighted by Gasteiger charge is -2.30. The molecule has 0 bridgehead atoms. The molecule has 7 heteroatoms. The van der Waals surface area contributed by atoms with Gasteiger partial charge < -0.3 is 9.64 Å². The minimum atomic E-state index is -0.561. The van der Waals surface area contributed by atoms with Crippen LogP contribution in [0.5, 0.6) is 0 Å². The van der Waals surface area contributed by atoms with Crippen molar-refractivity contribution in [2.45, 2.75) is 51.8 Å². The fraction of sp³-hybridized carbons (Fsp3) is 0.688. The van der Waals surface area contributed by atoms with E-state index in [9.17, 15) is 9.59 Å². The number of aryl methyl sites for hydroxylation is 1. The van der Waals surface area contributed by atoms with Gasteiger partial charge in [0.25, 0.3) is 0 Å². The smallest absolute Gasteiger partial charge is 0.410 e. The van der Waals surface area contributed by atoms with Gasteiger partial charge in [0.1, 0.15) is 11.6 Å². The Balaban J connectivity index is 2.00. The number of ether oxygens (including phenoxy) is 1. The monoisotopic (exact) mass is 322 g/mol. The Kier molecular flexibility index (Phi) is 4.97. The lowest BCUT2D eigenvalue weighted by molar-refractivity contribution is -0.135. The third kappa shape index (κ3) is 4.46. The van der Waals surface area contributed by atoms with E-state index in [0.717, 1.165) is 12.0 Å². The molecule has 23 heavy (non-hydrogen) atoms. The highest BCUT2D eigenvalue weighted by atomic mass is 16.6. The quantitative estimate of drug-likeness (QED) is 0.851. The molecule has 0 saturated carbocycles. The SMILES string of the molecule is CN(Cc1cnn(C)c1)C(=O)C1CCCN1C(=O)OC(C)(C)C. The van der Waals surface area contributed by atoms with Crippen molar-refractivity contribution in [1.29, 1.82) is 0 Å². The number of hydrogen-bond acceptors (Lipinski definition) is 4. The summed E-state index contributed by atoms with van der Waals surface area (Å²) in [5.74, 6) is -0.0581. The van der Waals surface area contributed by atoms with Crippen LogP contribution in [-0.2, 0) is 23.1 Å². The zero-order chi connectivity index (χ0) is 17.2. The third-order valence-electron chi connectivity index (χ3n) is 3.72. The summed E-state index contributed by atoms with van der Waals surface area (Å²) >= 11 is 0. The van der Waals surface area contributed by atoms with Gasteiger partial charge >= 0.3 is 6.09 Å². The first kappa shape index (κ1) is 17.3. The van der Waals surface area contributed by atoms with Crippen LogP contribution in [0.15, 0.2) is 12.4 Å². The Morgan fingerprint density at radius 3 is 2.70 bits per heavy atom. The van der Waals surface area contributed by atoms with Crippen molar-refractivity contribution in [3.8, 4) is 0 Å². The number of nitrogens with zero attached hydrogens (tertiary/aromatic N) is 4. The summed E-state index contributed by atoms with van der Waals surface area (Å²) < 4.78 is 7.11. The van der Waals surface area contributed by atoms with Crippen LogP contribution in [0.4, 0.5) is 4.79 Å². The van der Waals surface area contributed by atoms with Gasteiger partial charge in [0.05, 0.1) is 6.20 Å². The molecule has 2 rings (SSSR count). The molecule has 1 aromatic rings. The summed E-state index contributed by atoms with van der Waals surface area (Å²) in [4.78, 5) is 28.2. The zero-order valence-electron chi connectivity index (χ0n) is 14.6. The lowest BCUT2D eigenvalue weighted by atomic mass is 10.2. The number of carbonyl (C=O) groups excluding carboxylic acids is 2. The number of carbonyl (C=O) groups is 2. The predicted molar refractivity (Wildman–Crippen MR) is 85.6 cm³/mol. The van der Waals surface area contributed by atoms with E-state index in [2.05, 4.69) is 5.10 Å². The predicted octanol–water partition coefficient (Wildman–Crippen LogP) is 1.78. The van der Waals surface area contributed by atoms with Crippen molar-refractivity contribution in [2.75, 3.05) is 13.6 Å². The molecule has 128 valence electrons. The normalized spacial score (nSPS) is 18.1. The first-order valence-corrected chi connectivity index (χ1v) is 7.89. The van der Waals surface area contributed by atoms with Gasteiger partial charge in [-0.3, -0.25) is 14.4 Å². The summed E-state index contributed by atoms with van der Waals surface area (Å²) in [5.41, 5.74) is 0.402. The Bertz CT molecular complexity index is 576. The van der Waals surface area contributed by atoms with Crippen molar-refractivity contribution in [3.05, 3.63) is 18.0 Å². The molecule has 2 heterocycles. The average Bonchev–Trinajstić information content (AvgIpc) is 3.04. The van der Waals surface area contributed by atoms with Gasteiger partial charge in [-0.15, -0.1) is 0 Å². The molecule has 1 fully saturated rings.